The zero-order valence-electron chi connectivity index (χ0n) is 10.8. The molecule has 0 atom stereocenters. The van der Waals surface area contributed by atoms with Gasteiger partial charge in [-0.25, -0.2) is 4.98 Å². The van der Waals surface area contributed by atoms with Gasteiger partial charge in [0.15, 0.2) is 0 Å². The third kappa shape index (κ3) is 2.37. The molecule has 2 heterocycles. The summed E-state index contributed by atoms with van der Waals surface area (Å²) < 4.78 is 1.80. The molecular formula is C13H14N6. The summed E-state index contributed by atoms with van der Waals surface area (Å²) in [4.78, 5) is 4.41. The van der Waals surface area contributed by atoms with Crippen molar-refractivity contribution in [2.24, 2.45) is 7.05 Å². The number of para-hydroxylation sites is 1. The third-order valence-electron chi connectivity index (χ3n) is 2.91. The highest BCUT2D eigenvalue weighted by atomic mass is 15.3. The third-order valence-corrected chi connectivity index (χ3v) is 2.91. The summed E-state index contributed by atoms with van der Waals surface area (Å²) in [5, 5.41) is 15.6. The Bertz CT molecular complexity index is 718. The summed E-state index contributed by atoms with van der Waals surface area (Å²) in [7, 11) is 1.91. The fourth-order valence-electron chi connectivity index (χ4n) is 1.95. The van der Waals surface area contributed by atoms with Crippen molar-refractivity contribution in [2.75, 3.05) is 5.32 Å². The van der Waals surface area contributed by atoms with Crippen molar-refractivity contribution in [3.63, 3.8) is 0 Å². The first-order chi connectivity index (χ1) is 9.22. The standard InChI is InChI=1S/C13H14N6/c1-9-10(8-19(2)18-9)7-14-13-15-11-5-3-4-6-12(11)16-17-13/h3-6,8H,7H2,1-2H3,(H,14,15,17). The van der Waals surface area contributed by atoms with E-state index >= 15 is 0 Å². The van der Waals surface area contributed by atoms with E-state index in [0.29, 0.717) is 12.5 Å². The van der Waals surface area contributed by atoms with Crippen LogP contribution in [0.5, 0.6) is 0 Å². The Morgan fingerprint density at radius 2 is 1.95 bits per heavy atom. The van der Waals surface area contributed by atoms with Crippen molar-refractivity contribution >= 4 is 17.0 Å². The van der Waals surface area contributed by atoms with Crippen molar-refractivity contribution in [3.8, 4) is 0 Å². The molecule has 0 spiro atoms. The number of nitrogens with zero attached hydrogens (tertiary/aromatic N) is 5. The normalized spacial score (nSPS) is 10.8. The topological polar surface area (TPSA) is 68.5 Å². The van der Waals surface area contributed by atoms with Crippen molar-refractivity contribution in [1.82, 2.24) is 25.0 Å². The van der Waals surface area contributed by atoms with Crippen LogP contribution in [0.3, 0.4) is 0 Å². The molecule has 19 heavy (non-hydrogen) atoms. The summed E-state index contributed by atoms with van der Waals surface area (Å²) in [6.45, 7) is 2.62. The van der Waals surface area contributed by atoms with Gasteiger partial charge in [-0.1, -0.05) is 12.1 Å². The minimum Gasteiger partial charge on any atom is -0.349 e. The predicted molar refractivity (Wildman–Crippen MR) is 72.6 cm³/mol. The molecular weight excluding hydrogens is 240 g/mol. The van der Waals surface area contributed by atoms with Crippen LogP contribution in [-0.4, -0.2) is 25.0 Å². The average molecular weight is 254 g/mol. The van der Waals surface area contributed by atoms with Crippen molar-refractivity contribution in [3.05, 3.63) is 41.7 Å². The second-order valence-corrected chi connectivity index (χ2v) is 4.39. The molecule has 6 nitrogen and oxygen atoms in total. The van der Waals surface area contributed by atoms with Gasteiger partial charge in [-0.2, -0.15) is 5.10 Å². The highest BCUT2D eigenvalue weighted by Crippen LogP contribution is 2.11. The Labute approximate surface area is 110 Å². The molecule has 0 radical (unpaired) electrons. The number of anilines is 1. The van der Waals surface area contributed by atoms with Crippen LogP contribution in [0.15, 0.2) is 30.5 Å². The lowest BCUT2D eigenvalue weighted by Crippen LogP contribution is -2.05. The molecule has 96 valence electrons. The molecule has 1 N–H and O–H groups in total. The fraction of sp³-hybridized carbons (Fsp3) is 0.231. The summed E-state index contributed by atoms with van der Waals surface area (Å²) >= 11 is 0. The molecule has 0 aliphatic heterocycles. The van der Waals surface area contributed by atoms with E-state index in [9.17, 15) is 0 Å². The maximum atomic E-state index is 4.41. The Kier molecular flexibility index (Phi) is 2.83. The van der Waals surface area contributed by atoms with Gasteiger partial charge < -0.3 is 5.32 Å². The van der Waals surface area contributed by atoms with Crippen LogP contribution < -0.4 is 5.32 Å². The second kappa shape index (κ2) is 4.64. The van der Waals surface area contributed by atoms with E-state index in [4.69, 9.17) is 0 Å². The molecule has 2 aromatic heterocycles. The van der Waals surface area contributed by atoms with E-state index in [0.717, 1.165) is 22.3 Å². The van der Waals surface area contributed by atoms with E-state index in [1.807, 2.05) is 44.4 Å². The van der Waals surface area contributed by atoms with Gasteiger partial charge in [0.05, 0.1) is 11.2 Å². The Morgan fingerprint density at radius 1 is 1.16 bits per heavy atom. The number of rotatable bonds is 3. The van der Waals surface area contributed by atoms with Crippen molar-refractivity contribution in [1.29, 1.82) is 0 Å². The Balaban J connectivity index is 1.80. The Hall–Kier alpha value is -2.50. The van der Waals surface area contributed by atoms with Crippen LogP contribution in [0.1, 0.15) is 11.3 Å². The molecule has 3 rings (SSSR count). The van der Waals surface area contributed by atoms with E-state index in [-0.39, 0.29) is 0 Å². The minimum atomic E-state index is 0.530. The maximum Gasteiger partial charge on any atom is 0.243 e. The average Bonchev–Trinajstić information content (AvgIpc) is 2.74. The van der Waals surface area contributed by atoms with E-state index in [2.05, 4.69) is 25.6 Å². The predicted octanol–water partition coefficient (Wildman–Crippen LogP) is 1.68. The number of hydrogen-bond acceptors (Lipinski definition) is 5. The van der Waals surface area contributed by atoms with E-state index in [1.54, 1.807) is 4.68 Å². The molecule has 3 aromatic rings. The van der Waals surface area contributed by atoms with Gasteiger partial charge in [0.25, 0.3) is 0 Å². The van der Waals surface area contributed by atoms with Gasteiger partial charge in [-0.3, -0.25) is 4.68 Å². The molecule has 0 saturated heterocycles. The molecule has 0 aliphatic carbocycles. The quantitative estimate of drug-likeness (QED) is 0.770. The number of aromatic nitrogens is 5. The highest BCUT2D eigenvalue weighted by Gasteiger charge is 2.05. The summed E-state index contributed by atoms with van der Waals surface area (Å²) in [6, 6.07) is 7.67. The first kappa shape index (κ1) is 11.6. The van der Waals surface area contributed by atoms with Crippen LogP contribution in [-0.2, 0) is 13.6 Å². The minimum absolute atomic E-state index is 0.530. The number of aryl methyl sites for hydroxylation is 2. The molecule has 0 saturated carbocycles. The molecule has 0 fully saturated rings. The molecule has 0 aliphatic rings. The van der Waals surface area contributed by atoms with Gasteiger partial charge >= 0.3 is 0 Å². The maximum absolute atomic E-state index is 4.41. The number of nitrogens with one attached hydrogen (secondary N) is 1. The van der Waals surface area contributed by atoms with E-state index in [1.165, 1.54) is 0 Å². The van der Waals surface area contributed by atoms with Crippen molar-refractivity contribution in [2.45, 2.75) is 13.5 Å². The van der Waals surface area contributed by atoms with Gasteiger partial charge in [-0.05, 0) is 19.1 Å². The molecule has 6 heteroatoms. The van der Waals surface area contributed by atoms with Gasteiger partial charge in [0.1, 0.15) is 5.52 Å². The highest BCUT2D eigenvalue weighted by molar-refractivity contribution is 5.73. The molecule has 0 amide bonds. The largest absolute Gasteiger partial charge is 0.349 e. The monoisotopic (exact) mass is 254 g/mol. The number of fused-ring (bicyclic) bond motifs is 1. The van der Waals surface area contributed by atoms with Crippen LogP contribution in [0.4, 0.5) is 5.95 Å². The fourth-order valence-corrected chi connectivity index (χ4v) is 1.95. The van der Waals surface area contributed by atoms with Crippen LogP contribution in [0.25, 0.3) is 11.0 Å². The first-order valence-corrected chi connectivity index (χ1v) is 6.05. The first-order valence-electron chi connectivity index (χ1n) is 6.05. The van der Waals surface area contributed by atoms with Gasteiger partial charge in [0, 0.05) is 25.4 Å². The Morgan fingerprint density at radius 3 is 2.68 bits per heavy atom. The SMILES string of the molecule is Cc1nn(C)cc1CNc1nnc2ccccc2n1. The molecule has 1 aromatic carbocycles. The second-order valence-electron chi connectivity index (χ2n) is 4.39. The van der Waals surface area contributed by atoms with E-state index < -0.39 is 0 Å². The van der Waals surface area contributed by atoms with Crippen LogP contribution >= 0.6 is 0 Å². The zero-order valence-corrected chi connectivity index (χ0v) is 10.8. The van der Waals surface area contributed by atoms with Crippen LogP contribution in [0.2, 0.25) is 0 Å². The summed E-state index contributed by atoms with van der Waals surface area (Å²) in [6.07, 6.45) is 1.98. The van der Waals surface area contributed by atoms with Crippen LogP contribution in [0, 0.1) is 6.92 Å². The smallest absolute Gasteiger partial charge is 0.243 e. The lowest BCUT2D eigenvalue weighted by molar-refractivity contribution is 0.756. The lowest BCUT2D eigenvalue weighted by atomic mass is 10.3. The van der Waals surface area contributed by atoms with Gasteiger partial charge in [0.2, 0.25) is 5.95 Å². The number of benzene rings is 1. The summed E-state index contributed by atoms with van der Waals surface area (Å²) in [5.41, 5.74) is 3.76. The molecule has 0 bridgehead atoms. The van der Waals surface area contributed by atoms with Gasteiger partial charge in [-0.15, -0.1) is 10.2 Å². The summed E-state index contributed by atoms with van der Waals surface area (Å²) in [5.74, 6) is 0.530. The zero-order chi connectivity index (χ0) is 13.2. The molecule has 0 unspecified atom stereocenters. The van der Waals surface area contributed by atoms with Crippen molar-refractivity contribution < 1.29 is 0 Å². The lowest BCUT2D eigenvalue weighted by Gasteiger charge is -2.03. The number of hydrogen-bond donors (Lipinski definition) is 1.